The normalized spacial score (nSPS) is 31.5. The number of nitrogens with zero attached hydrogens (tertiary/aromatic N) is 1. The van der Waals surface area contributed by atoms with Crippen LogP contribution in [0, 0.1) is 9.49 Å². The molecule has 0 amide bonds. The highest BCUT2D eigenvalue weighted by Crippen LogP contribution is 2.46. The van der Waals surface area contributed by atoms with Crippen molar-refractivity contribution in [3.63, 3.8) is 0 Å². The molecule has 2 fully saturated rings. The van der Waals surface area contributed by atoms with Crippen molar-refractivity contribution >= 4 is 28.6 Å². The molecule has 0 radical (unpaired) electrons. The molecule has 0 aliphatic carbocycles. The van der Waals surface area contributed by atoms with Crippen LogP contribution in [0.4, 0.5) is 0 Å². The second kappa shape index (κ2) is 6.48. The number of carbonyl (C=O) groups excluding carboxylic acids is 1. The maximum atomic E-state index is 12.7. The number of esters is 1. The van der Waals surface area contributed by atoms with Gasteiger partial charge in [0, 0.05) is 21.6 Å². The Morgan fingerprint density at radius 1 is 1.27 bits per heavy atom. The first kappa shape index (κ1) is 16.2. The standard InChI is InChI=1S/C18H24INO2/c1-11(2)22-18(21)17-15(12-4-6-13(19)7-5-12)10-14-8-9-16(17)20(14)3/h4-7,11,14-17H,8-10H2,1-3H3/t14-,15+,16?,17?/m0/s1. The molecule has 0 saturated carbocycles. The lowest BCUT2D eigenvalue weighted by atomic mass is 9.76. The van der Waals surface area contributed by atoms with Crippen LogP contribution in [0.2, 0.25) is 0 Å². The number of benzene rings is 1. The summed E-state index contributed by atoms with van der Waals surface area (Å²) in [6.07, 6.45) is 3.33. The largest absolute Gasteiger partial charge is 0.463 e. The minimum Gasteiger partial charge on any atom is -0.463 e. The number of ether oxygens (including phenoxy) is 1. The lowest BCUT2D eigenvalue weighted by Gasteiger charge is -2.42. The topological polar surface area (TPSA) is 29.5 Å². The van der Waals surface area contributed by atoms with Gasteiger partial charge in [-0.15, -0.1) is 0 Å². The molecule has 2 aliphatic rings. The molecule has 2 bridgehead atoms. The fraction of sp³-hybridized carbons (Fsp3) is 0.611. The fourth-order valence-corrected chi connectivity index (χ4v) is 4.51. The number of rotatable bonds is 3. The number of fused-ring (bicyclic) bond motifs is 2. The summed E-state index contributed by atoms with van der Waals surface area (Å²) >= 11 is 2.33. The number of hydrogen-bond donors (Lipinski definition) is 0. The van der Waals surface area contributed by atoms with Gasteiger partial charge >= 0.3 is 5.97 Å². The Hall–Kier alpha value is -0.620. The molecular weight excluding hydrogens is 389 g/mol. The lowest BCUT2D eigenvalue weighted by molar-refractivity contribution is -0.157. The van der Waals surface area contributed by atoms with Crippen LogP contribution in [0.1, 0.15) is 44.6 Å². The molecule has 0 aromatic heterocycles. The van der Waals surface area contributed by atoms with Gasteiger partial charge in [0.15, 0.2) is 0 Å². The van der Waals surface area contributed by atoms with E-state index < -0.39 is 0 Å². The molecule has 2 saturated heterocycles. The molecule has 3 nitrogen and oxygen atoms in total. The Labute approximate surface area is 146 Å². The van der Waals surface area contributed by atoms with Crippen molar-refractivity contribution in [1.29, 1.82) is 0 Å². The molecule has 2 aliphatic heterocycles. The lowest BCUT2D eigenvalue weighted by Crippen LogP contribution is -2.49. The van der Waals surface area contributed by atoms with Crippen LogP contribution in [0.25, 0.3) is 0 Å². The highest BCUT2D eigenvalue weighted by Gasteiger charge is 2.49. The quantitative estimate of drug-likeness (QED) is 0.558. The minimum absolute atomic E-state index is 0.0178. The highest BCUT2D eigenvalue weighted by molar-refractivity contribution is 14.1. The van der Waals surface area contributed by atoms with Gasteiger partial charge in [0.2, 0.25) is 0 Å². The summed E-state index contributed by atoms with van der Waals surface area (Å²) < 4.78 is 6.83. The molecule has 0 spiro atoms. The summed E-state index contributed by atoms with van der Waals surface area (Å²) in [6, 6.07) is 9.59. The van der Waals surface area contributed by atoms with E-state index >= 15 is 0 Å². The average Bonchev–Trinajstić information content (AvgIpc) is 2.71. The number of carbonyl (C=O) groups is 1. The SMILES string of the molecule is CC(C)OC(=O)C1C2CC[C@@H](C[C@@H]1c1ccc(I)cc1)N2C. The third kappa shape index (κ3) is 3.04. The van der Waals surface area contributed by atoms with Gasteiger partial charge in [0.1, 0.15) is 0 Å². The van der Waals surface area contributed by atoms with Gasteiger partial charge in [-0.3, -0.25) is 9.69 Å². The van der Waals surface area contributed by atoms with Crippen LogP contribution >= 0.6 is 22.6 Å². The fourth-order valence-electron chi connectivity index (χ4n) is 4.15. The Kier molecular flexibility index (Phi) is 4.78. The Bertz CT molecular complexity index is 543. The molecule has 2 heterocycles. The first-order chi connectivity index (χ1) is 10.5. The van der Waals surface area contributed by atoms with E-state index in [1.165, 1.54) is 15.6 Å². The van der Waals surface area contributed by atoms with Crippen LogP contribution in [-0.2, 0) is 9.53 Å². The van der Waals surface area contributed by atoms with Crippen LogP contribution in [0.5, 0.6) is 0 Å². The van der Waals surface area contributed by atoms with E-state index in [-0.39, 0.29) is 23.9 Å². The Balaban J connectivity index is 1.91. The molecule has 1 aromatic carbocycles. The molecule has 3 rings (SSSR count). The molecular formula is C18H24INO2. The maximum absolute atomic E-state index is 12.7. The highest BCUT2D eigenvalue weighted by atomic mass is 127. The number of piperidine rings is 1. The third-order valence-electron chi connectivity index (χ3n) is 5.19. The monoisotopic (exact) mass is 413 g/mol. The predicted octanol–water partition coefficient (Wildman–Crippen LogP) is 3.81. The van der Waals surface area contributed by atoms with E-state index in [1.807, 2.05) is 13.8 Å². The maximum Gasteiger partial charge on any atom is 0.311 e. The average molecular weight is 413 g/mol. The van der Waals surface area contributed by atoms with Gasteiger partial charge in [0.05, 0.1) is 12.0 Å². The molecule has 0 N–H and O–H groups in total. The van der Waals surface area contributed by atoms with Crippen molar-refractivity contribution in [1.82, 2.24) is 4.90 Å². The van der Waals surface area contributed by atoms with Gasteiger partial charge in [-0.05, 0) is 80.4 Å². The van der Waals surface area contributed by atoms with Crippen molar-refractivity contribution in [2.45, 2.75) is 57.2 Å². The zero-order valence-electron chi connectivity index (χ0n) is 13.5. The second-order valence-corrected chi connectivity index (χ2v) is 8.11. The molecule has 1 aromatic rings. The zero-order chi connectivity index (χ0) is 15.9. The van der Waals surface area contributed by atoms with Crippen molar-refractivity contribution in [2.24, 2.45) is 5.92 Å². The zero-order valence-corrected chi connectivity index (χ0v) is 15.6. The van der Waals surface area contributed by atoms with Gasteiger partial charge < -0.3 is 4.74 Å². The second-order valence-electron chi connectivity index (χ2n) is 6.87. The summed E-state index contributed by atoms with van der Waals surface area (Å²) in [7, 11) is 2.17. The third-order valence-corrected chi connectivity index (χ3v) is 5.91. The van der Waals surface area contributed by atoms with E-state index in [9.17, 15) is 4.79 Å². The first-order valence-corrected chi connectivity index (χ1v) is 9.23. The first-order valence-electron chi connectivity index (χ1n) is 8.15. The van der Waals surface area contributed by atoms with Crippen LogP contribution in [-0.4, -0.2) is 36.1 Å². The van der Waals surface area contributed by atoms with Gasteiger partial charge in [-0.25, -0.2) is 0 Å². The van der Waals surface area contributed by atoms with Crippen molar-refractivity contribution < 1.29 is 9.53 Å². The van der Waals surface area contributed by atoms with E-state index in [0.29, 0.717) is 12.1 Å². The molecule has 2 unspecified atom stereocenters. The summed E-state index contributed by atoms with van der Waals surface area (Å²) in [5.41, 5.74) is 1.29. The van der Waals surface area contributed by atoms with Crippen LogP contribution in [0.3, 0.4) is 0 Å². The van der Waals surface area contributed by atoms with Crippen molar-refractivity contribution in [2.75, 3.05) is 7.05 Å². The smallest absolute Gasteiger partial charge is 0.311 e. The summed E-state index contributed by atoms with van der Waals surface area (Å²) in [5, 5.41) is 0. The van der Waals surface area contributed by atoms with E-state index in [4.69, 9.17) is 4.74 Å². The molecule has 4 atom stereocenters. The minimum atomic E-state index is -0.0469. The van der Waals surface area contributed by atoms with Gasteiger partial charge in [-0.2, -0.15) is 0 Å². The number of halogens is 1. The number of hydrogen-bond acceptors (Lipinski definition) is 3. The van der Waals surface area contributed by atoms with Crippen molar-refractivity contribution in [3.05, 3.63) is 33.4 Å². The molecule has 4 heteroatoms. The van der Waals surface area contributed by atoms with Crippen molar-refractivity contribution in [3.8, 4) is 0 Å². The Morgan fingerprint density at radius 2 is 1.95 bits per heavy atom. The van der Waals surface area contributed by atoms with Gasteiger partial charge in [-0.1, -0.05) is 12.1 Å². The Morgan fingerprint density at radius 3 is 2.59 bits per heavy atom. The van der Waals surface area contributed by atoms with E-state index in [2.05, 4.69) is 58.8 Å². The summed E-state index contributed by atoms with van der Waals surface area (Å²) in [4.78, 5) is 15.2. The van der Waals surface area contributed by atoms with Gasteiger partial charge in [0.25, 0.3) is 0 Å². The molecule has 120 valence electrons. The summed E-state index contributed by atoms with van der Waals surface area (Å²) in [5.74, 6) is 0.235. The van der Waals surface area contributed by atoms with E-state index in [0.717, 1.165) is 12.8 Å². The summed E-state index contributed by atoms with van der Waals surface area (Å²) in [6.45, 7) is 3.86. The van der Waals surface area contributed by atoms with Crippen LogP contribution < -0.4 is 0 Å². The van der Waals surface area contributed by atoms with E-state index in [1.54, 1.807) is 0 Å². The molecule has 22 heavy (non-hydrogen) atoms. The van der Waals surface area contributed by atoms with Crippen LogP contribution in [0.15, 0.2) is 24.3 Å². The predicted molar refractivity (Wildman–Crippen MR) is 95.8 cm³/mol.